The maximum Gasteiger partial charge on any atom is 0.269 e. The number of carbonyl (C=O) groups is 2. The molecule has 11 heteroatoms. The Labute approximate surface area is 214 Å². The van der Waals surface area contributed by atoms with Crippen LogP contribution in [0.5, 0.6) is 0 Å². The van der Waals surface area contributed by atoms with Crippen LogP contribution in [0.2, 0.25) is 0 Å². The molecule has 198 valence electrons. The molecule has 4 heterocycles. The standard InChI is InChI=1S/C26H33F2N7O2/c1-3-34-20(6-9-31-34)24(37)29-15-25(7-4-17(2)5-8-25)21-14-35-22(33-21)11-18(13-32-35)10-19-12-26(27,28)16-30-23(19)36/h6,9,11,13-14,17,19H,3-5,7-8,10,12,15-16H2,1-2H3,(H,29,37)(H,30,36). The van der Waals surface area contributed by atoms with Crippen LogP contribution in [0.25, 0.3) is 5.65 Å². The van der Waals surface area contributed by atoms with Gasteiger partial charge in [0.05, 0.1) is 24.6 Å². The van der Waals surface area contributed by atoms with E-state index in [1.165, 1.54) is 0 Å². The fourth-order valence-electron chi connectivity index (χ4n) is 5.57. The van der Waals surface area contributed by atoms with E-state index in [4.69, 9.17) is 4.98 Å². The molecule has 0 bridgehead atoms. The third kappa shape index (κ3) is 5.21. The number of aryl methyl sites for hydroxylation is 1. The number of hydrogen-bond donors (Lipinski definition) is 2. The van der Waals surface area contributed by atoms with E-state index in [2.05, 4.69) is 27.8 Å². The zero-order chi connectivity index (χ0) is 26.2. The normalized spacial score (nSPS) is 25.7. The monoisotopic (exact) mass is 513 g/mol. The average molecular weight is 514 g/mol. The number of carbonyl (C=O) groups excluding carboxylic acids is 2. The average Bonchev–Trinajstić information content (AvgIpc) is 3.53. The highest BCUT2D eigenvalue weighted by Crippen LogP contribution is 2.41. The van der Waals surface area contributed by atoms with Gasteiger partial charge in [0.25, 0.3) is 11.8 Å². The van der Waals surface area contributed by atoms with Gasteiger partial charge in [0, 0.05) is 37.0 Å². The first kappa shape index (κ1) is 25.3. The second kappa shape index (κ2) is 9.83. The topological polar surface area (TPSA) is 106 Å². The summed E-state index contributed by atoms with van der Waals surface area (Å²) in [5.41, 5.74) is 2.34. The predicted octanol–water partition coefficient (Wildman–Crippen LogP) is 3.14. The molecule has 1 aliphatic heterocycles. The van der Waals surface area contributed by atoms with Crippen molar-refractivity contribution in [2.24, 2.45) is 11.8 Å². The molecule has 2 aliphatic rings. The van der Waals surface area contributed by atoms with Gasteiger partial charge in [-0.05, 0) is 62.6 Å². The van der Waals surface area contributed by atoms with Gasteiger partial charge in [-0.2, -0.15) is 10.2 Å². The number of aromatic nitrogens is 5. The summed E-state index contributed by atoms with van der Waals surface area (Å²) in [5.74, 6) is -3.62. The number of nitrogens with one attached hydrogen (secondary N) is 2. The largest absolute Gasteiger partial charge is 0.350 e. The quantitative estimate of drug-likeness (QED) is 0.505. The predicted molar refractivity (Wildman–Crippen MR) is 132 cm³/mol. The van der Waals surface area contributed by atoms with Crippen molar-refractivity contribution in [2.75, 3.05) is 13.1 Å². The Morgan fingerprint density at radius 1 is 1.27 bits per heavy atom. The second-order valence-corrected chi connectivity index (χ2v) is 10.6. The van der Waals surface area contributed by atoms with E-state index in [-0.39, 0.29) is 23.7 Å². The van der Waals surface area contributed by atoms with Crippen molar-refractivity contribution in [3.8, 4) is 0 Å². The second-order valence-electron chi connectivity index (χ2n) is 10.6. The van der Waals surface area contributed by atoms with Crippen molar-refractivity contribution in [1.82, 2.24) is 35.0 Å². The van der Waals surface area contributed by atoms with Crippen LogP contribution in [-0.4, -0.2) is 55.2 Å². The molecule has 0 radical (unpaired) electrons. The summed E-state index contributed by atoms with van der Waals surface area (Å²) in [5, 5.41) is 14.1. The van der Waals surface area contributed by atoms with E-state index in [0.717, 1.165) is 31.4 Å². The molecule has 0 aromatic carbocycles. The fourth-order valence-corrected chi connectivity index (χ4v) is 5.57. The molecule has 3 aromatic rings. The van der Waals surface area contributed by atoms with Gasteiger partial charge in [0.15, 0.2) is 5.65 Å². The minimum Gasteiger partial charge on any atom is -0.350 e. The van der Waals surface area contributed by atoms with E-state index in [1.807, 2.05) is 19.2 Å². The van der Waals surface area contributed by atoms with Crippen LogP contribution < -0.4 is 10.6 Å². The van der Waals surface area contributed by atoms with Gasteiger partial charge >= 0.3 is 0 Å². The summed E-state index contributed by atoms with van der Waals surface area (Å²) in [6, 6.07) is 3.53. The van der Waals surface area contributed by atoms with E-state index in [1.54, 1.807) is 27.7 Å². The Hall–Kier alpha value is -3.37. The Morgan fingerprint density at radius 3 is 2.81 bits per heavy atom. The number of nitrogens with zero attached hydrogens (tertiary/aromatic N) is 5. The molecule has 1 aliphatic carbocycles. The lowest BCUT2D eigenvalue weighted by atomic mass is 9.69. The van der Waals surface area contributed by atoms with Crippen LogP contribution in [0.1, 0.15) is 67.7 Å². The highest BCUT2D eigenvalue weighted by molar-refractivity contribution is 5.92. The highest BCUT2D eigenvalue weighted by Gasteiger charge is 2.41. The number of piperidine rings is 1. The van der Waals surface area contributed by atoms with Crippen molar-refractivity contribution >= 4 is 17.5 Å². The highest BCUT2D eigenvalue weighted by atomic mass is 19.3. The van der Waals surface area contributed by atoms with Crippen LogP contribution >= 0.6 is 0 Å². The molecule has 9 nitrogen and oxygen atoms in total. The Bertz CT molecular complexity index is 1290. The van der Waals surface area contributed by atoms with Crippen LogP contribution in [0, 0.1) is 11.8 Å². The van der Waals surface area contributed by atoms with Crippen LogP contribution in [-0.2, 0) is 23.2 Å². The summed E-state index contributed by atoms with van der Waals surface area (Å²) < 4.78 is 31.0. The van der Waals surface area contributed by atoms with Gasteiger partial charge in [-0.15, -0.1) is 0 Å². The number of imidazole rings is 1. The zero-order valence-corrected chi connectivity index (χ0v) is 21.2. The molecule has 1 saturated heterocycles. The molecule has 37 heavy (non-hydrogen) atoms. The van der Waals surface area contributed by atoms with Gasteiger partial charge in [0.2, 0.25) is 5.91 Å². The van der Waals surface area contributed by atoms with E-state index >= 15 is 0 Å². The molecule has 1 unspecified atom stereocenters. The Morgan fingerprint density at radius 2 is 2.05 bits per heavy atom. The molecule has 3 aromatic heterocycles. The van der Waals surface area contributed by atoms with Crippen LogP contribution in [0.3, 0.4) is 0 Å². The third-order valence-electron chi connectivity index (χ3n) is 7.91. The SMILES string of the molecule is CCn1nccc1C(=O)NCC1(c2cn3ncc(CC4CC(F)(F)CNC4=O)cc3n2)CCC(C)CC1. The van der Waals surface area contributed by atoms with Gasteiger partial charge in [-0.3, -0.25) is 14.3 Å². The van der Waals surface area contributed by atoms with Crippen molar-refractivity contribution < 1.29 is 18.4 Å². The number of alkyl halides is 2. The smallest absolute Gasteiger partial charge is 0.269 e. The van der Waals surface area contributed by atoms with Crippen LogP contribution in [0.15, 0.2) is 30.7 Å². The van der Waals surface area contributed by atoms with Crippen molar-refractivity contribution in [2.45, 2.75) is 70.3 Å². The van der Waals surface area contributed by atoms with E-state index in [9.17, 15) is 18.4 Å². The summed E-state index contributed by atoms with van der Waals surface area (Å²) in [7, 11) is 0. The van der Waals surface area contributed by atoms with Gasteiger partial charge in [0.1, 0.15) is 5.69 Å². The Balaban J connectivity index is 1.38. The maximum absolute atomic E-state index is 13.8. The number of hydrogen-bond acceptors (Lipinski definition) is 5. The number of amides is 2. The first-order chi connectivity index (χ1) is 17.7. The fraction of sp³-hybridized carbons (Fsp3) is 0.577. The number of rotatable bonds is 7. The molecule has 1 saturated carbocycles. The van der Waals surface area contributed by atoms with Gasteiger partial charge < -0.3 is 10.6 Å². The summed E-state index contributed by atoms with van der Waals surface area (Å²) >= 11 is 0. The molecule has 1 atom stereocenters. The van der Waals surface area contributed by atoms with Gasteiger partial charge in [-0.25, -0.2) is 18.3 Å². The first-order valence-electron chi connectivity index (χ1n) is 13.0. The zero-order valence-electron chi connectivity index (χ0n) is 21.2. The minimum absolute atomic E-state index is 0.163. The number of fused-ring (bicyclic) bond motifs is 1. The van der Waals surface area contributed by atoms with Crippen molar-refractivity contribution in [1.29, 1.82) is 0 Å². The summed E-state index contributed by atoms with van der Waals surface area (Å²) in [6.07, 6.45) is 8.67. The van der Waals surface area contributed by atoms with Crippen molar-refractivity contribution in [3.05, 3.63) is 47.7 Å². The molecule has 2 fully saturated rings. The molecule has 2 amide bonds. The lowest BCUT2D eigenvalue weighted by Gasteiger charge is -2.38. The molecule has 2 N–H and O–H groups in total. The number of halogens is 2. The minimum atomic E-state index is -2.90. The lowest BCUT2D eigenvalue weighted by Crippen LogP contribution is -2.48. The molecular weight excluding hydrogens is 480 g/mol. The summed E-state index contributed by atoms with van der Waals surface area (Å²) in [6.45, 7) is 4.63. The molecule has 5 rings (SSSR count). The summed E-state index contributed by atoms with van der Waals surface area (Å²) in [4.78, 5) is 30.0. The lowest BCUT2D eigenvalue weighted by molar-refractivity contribution is -0.136. The first-order valence-corrected chi connectivity index (χ1v) is 13.0. The van der Waals surface area contributed by atoms with E-state index < -0.39 is 24.8 Å². The molecular formula is C26H33F2N7O2. The molecule has 0 spiro atoms. The van der Waals surface area contributed by atoms with E-state index in [0.29, 0.717) is 35.9 Å². The Kier molecular flexibility index (Phi) is 6.72. The third-order valence-corrected chi connectivity index (χ3v) is 7.91. The maximum atomic E-state index is 13.8. The van der Waals surface area contributed by atoms with Gasteiger partial charge in [-0.1, -0.05) is 6.92 Å². The van der Waals surface area contributed by atoms with Crippen LogP contribution in [0.4, 0.5) is 8.78 Å². The van der Waals surface area contributed by atoms with Crippen molar-refractivity contribution in [3.63, 3.8) is 0 Å².